The van der Waals surface area contributed by atoms with Gasteiger partial charge < -0.3 is 4.42 Å². The van der Waals surface area contributed by atoms with E-state index >= 15 is 0 Å². The van der Waals surface area contributed by atoms with Crippen molar-refractivity contribution in [3.63, 3.8) is 0 Å². The molecule has 0 radical (unpaired) electrons. The number of thiophene rings is 1. The van der Waals surface area contributed by atoms with Gasteiger partial charge in [0.1, 0.15) is 5.02 Å². The molecule has 4 rings (SSSR count). The van der Waals surface area contributed by atoms with Crippen LogP contribution in [0.5, 0.6) is 0 Å². The summed E-state index contributed by atoms with van der Waals surface area (Å²) < 4.78 is 7.62. The minimum atomic E-state index is -0.471. The van der Waals surface area contributed by atoms with Crippen molar-refractivity contribution in [1.82, 2.24) is 0 Å². The van der Waals surface area contributed by atoms with Gasteiger partial charge in [0, 0.05) is 20.9 Å². The zero-order valence-electron chi connectivity index (χ0n) is 10.6. The lowest BCUT2D eigenvalue weighted by Crippen LogP contribution is -2.01. The first-order valence-corrected chi connectivity index (χ1v) is 7.39. The van der Waals surface area contributed by atoms with Crippen LogP contribution in [0.25, 0.3) is 31.1 Å². The van der Waals surface area contributed by atoms with Crippen molar-refractivity contribution in [2.75, 3.05) is 0 Å². The van der Waals surface area contributed by atoms with Crippen molar-refractivity contribution in [3.05, 3.63) is 57.4 Å². The fraction of sp³-hybridized carbons (Fsp3) is 0.0625. The third-order valence-corrected chi connectivity index (χ3v) is 5.23. The Morgan fingerprint density at radius 1 is 1.05 bits per heavy atom. The van der Waals surface area contributed by atoms with E-state index in [9.17, 15) is 4.79 Å². The molecule has 0 aliphatic carbocycles. The fourth-order valence-corrected chi connectivity index (χ4v) is 3.90. The standard InChI is InChI=1S/C16H9ClO2S/c1-8-9-6-7-11-10-4-2-3-5-12(10)20-15(11)14(9)19-16(18)13(8)17/h2-7H,1H3. The molecule has 0 saturated carbocycles. The number of hydrogen-bond acceptors (Lipinski definition) is 3. The molecule has 98 valence electrons. The number of halogens is 1. The number of aryl methyl sites for hydroxylation is 1. The summed E-state index contributed by atoms with van der Waals surface area (Å²) in [5.41, 5.74) is 0.939. The third kappa shape index (κ3) is 1.48. The Bertz CT molecular complexity index is 1040. The van der Waals surface area contributed by atoms with Gasteiger partial charge in [0.2, 0.25) is 0 Å². The lowest BCUT2D eigenvalue weighted by molar-refractivity contribution is 0.564. The van der Waals surface area contributed by atoms with E-state index in [1.807, 2.05) is 25.1 Å². The van der Waals surface area contributed by atoms with Gasteiger partial charge in [-0.1, -0.05) is 41.9 Å². The summed E-state index contributed by atoms with van der Waals surface area (Å²) in [6.45, 7) is 1.85. The van der Waals surface area contributed by atoms with E-state index in [0.29, 0.717) is 5.58 Å². The van der Waals surface area contributed by atoms with Gasteiger partial charge in [0.15, 0.2) is 5.58 Å². The number of benzene rings is 2. The van der Waals surface area contributed by atoms with Crippen LogP contribution >= 0.6 is 22.9 Å². The molecule has 2 heterocycles. The highest BCUT2D eigenvalue weighted by atomic mass is 35.5. The highest BCUT2D eigenvalue weighted by Gasteiger charge is 2.14. The third-order valence-electron chi connectivity index (χ3n) is 3.61. The van der Waals surface area contributed by atoms with Crippen molar-refractivity contribution < 1.29 is 4.42 Å². The van der Waals surface area contributed by atoms with Crippen molar-refractivity contribution in [3.8, 4) is 0 Å². The minimum absolute atomic E-state index is 0.165. The van der Waals surface area contributed by atoms with Gasteiger partial charge >= 0.3 is 5.63 Å². The first-order chi connectivity index (χ1) is 9.66. The predicted octanol–water partition coefficient (Wildman–Crippen LogP) is 5.12. The summed E-state index contributed by atoms with van der Waals surface area (Å²) >= 11 is 7.62. The normalized spacial score (nSPS) is 11.7. The topological polar surface area (TPSA) is 30.2 Å². The SMILES string of the molecule is Cc1c(Cl)c(=O)oc2c1ccc1c3ccccc3sc12. The molecule has 2 aromatic carbocycles. The Hall–Kier alpha value is -1.84. The molecule has 0 bridgehead atoms. The molecule has 4 heteroatoms. The van der Waals surface area contributed by atoms with Crippen molar-refractivity contribution in [2.24, 2.45) is 0 Å². The van der Waals surface area contributed by atoms with E-state index in [2.05, 4.69) is 18.2 Å². The summed E-state index contributed by atoms with van der Waals surface area (Å²) in [5.74, 6) is 0. The van der Waals surface area contributed by atoms with Crippen molar-refractivity contribution in [2.45, 2.75) is 6.92 Å². The highest BCUT2D eigenvalue weighted by molar-refractivity contribution is 7.26. The molecule has 0 unspecified atom stereocenters. The van der Waals surface area contributed by atoms with Crippen LogP contribution in [0.1, 0.15) is 5.56 Å². The smallest absolute Gasteiger partial charge is 0.355 e. The summed E-state index contributed by atoms with van der Waals surface area (Å²) in [5, 5.41) is 3.36. The van der Waals surface area contributed by atoms with Gasteiger partial charge in [-0.25, -0.2) is 4.79 Å². The predicted molar refractivity (Wildman–Crippen MR) is 85.1 cm³/mol. The maximum absolute atomic E-state index is 11.8. The first kappa shape index (κ1) is 11.9. The van der Waals surface area contributed by atoms with Crippen LogP contribution in [-0.4, -0.2) is 0 Å². The molecule has 0 amide bonds. The Balaban J connectivity index is 2.33. The van der Waals surface area contributed by atoms with Gasteiger partial charge in [0.05, 0.1) is 4.70 Å². The number of fused-ring (bicyclic) bond motifs is 5. The molecule has 0 aliphatic rings. The average Bonchev–Trinajstić information content (AvgIpc) is 2.84. The molecular formula is C16H9ClO2S. The quantitative estimate of drug-likeness (QED) is 0.422. The molecule has 20 heavy (non-hydrogen) atoms. The first-order valence-electron chi connectivity index (χ1n) is 6.20. The van der Waals surface area contributed by atoms with Crippen LogP contribution in [0.4, 0.5) is 0 Å². The molecule has 0 aliphatic heterocycles. The van der Waals surface area contributed by atoms with Crippen LogP contribution in [0.2, 0.25) is 5.02 Å². The minimum Gasteiger partial charge on any atom is -0.420 e. The lowest BCUT2D eigenvalue weighted by Gasteiger charge is -2.03. The Kier molecular flexibility index (Phi) is 2.43. The molecular weight excluding hydrogens is 292 g/mol. The van der Waals surface area contributed by atoms with E-state index in [4.69, 9.17) is 16.0 Å². The highest BCUT2D eigenvalue weighted by Crippen LogP contribution is 2.39. The number of hydrogen-bond donors (Lipinski definition) is 0. The molecule has 4 aromatic rings. The maximum atomic E-state index is 11.8. The van der Waals surface area contributed by atoms with Gasteiger partial charge in [-0.2, -0.15) is 0 Å². The summed E-state index contributed by atoms with van der Waals surface area (Å²) in [7, 11) is 0. The van der Waals surface area contributed by atoms with E-state index in [-0.39, 0.29) is 5.02 Å². The van der Waals surface area contributed by atoms with E-state index in [0.717, 1.165) is 21.0 Å². The average molecular weight is 301 g/mol. The summed E-state index contributed by atoms with van der Waals surface area (Å²) in [6, 6.07) is 12.2. The van der Waals surface area contributed by atoms with Gasteiger partial charge in [0.25, 0.3) is 0 Å². The van der Waals surface area contributed by atoms with Crippen molar-refractivity contribution in [1.29, 1.82) is 0 Å². The lowest BCUT2D eigenvalue weighted by atomic mass is 10.1. The van der Waals surface area contributed by atoms with Crippen LogP contribution in [0, 0.1) is 6.92 Å². The van der Waals surface area contributed by atoms with Gasteiger partial charge in [-0.3, -0.25) is 0 Å². The summed E-state index contributed by atoms with van der Waals surface area (Å²) in [4.78, 5) is 11.8. The molecule has 0 saturated heterocycles. The van der Waals surface area contributed by atoms with Crippen LogP contribution in [-0.2, 0) is 0 Å². The molecule has 0 atom stereocenters. The van der Waals surface area contributed by atoms with Crippen molar-refractivity contribution >= 4 is 54.1 Å². The van der Waals surface area contributed by atoms with Crippen LogP contribution in [0.3, 0.4) is 0 Å². The maximum Gasteiger partial charge on any atom is 0.355 e. The van der Waals surface area contributed by atoms with Gasteiger partial charge in [-0.15, -0.1) is 11.3 Å². The molecule has 0 fully saturated rings. The van der Waals surface area contributed by atoms with E-state index in [1.54, 1.807) is 11.3 Å². The molecule has 0 spiro atoms. The second-order valence-corrected chi connectivity index (χ2v) is 6.18. The Morgan fingerprint density at radius 3 is 2.65 bits per heavy atom. The molecule has 0 N–H and O–H groups in total. The Morgan fingerprint density at radius 2 is 1.80 bits per heavy atom. The van der Waals surface area contributed by atoms with E-state index < -0.39 is 5.63 Å². The summed E-state index contributed by atoms with van der Waals surface area (Å²) in [6.07, 6.45) is 0. The number of rotatable bonds is 0. The van der Waals surface area contributed by atoms with Crippen LogP contribution < -0.4 is 5.63 Å². The monoisotopic (exact) mass is 300 g/mol. The van der Waals surface area contributed by atoms with Gasteiger partial charge in [-0.05, 0) is 18.6 Å². The van der Waals surface area contributed by atoms with E-state index in [1.165, 1.54) is 10.1 Å². The largest absolute Gasteiger partial charge is 0.420 e. The Labute approximate surface area is 123 Å². The molecule has 2 aromatic heterocycles. The van der Waals surface area contributed by atoms with Crippen LogP contribution in [0.15, 0.2) is 45.6 Å². The fourth-order valence-electron chi connectivity index (χ4n) is 2.57. The second kappa shape index (κ2) is 4.08. The zero-order valence-corrected chi connectivity index (χ0v) is 12.1. The molecule has 2 nitrogen and oxygen atoms in total. The zero-order chi connectivity index (χ0) is 13.9. The second-order valence-electron chi connectivity index (χ2n) is 4.75.